The number of morpholine rings is 1. The topological polar surface area (TPSA) is 72.4 Å². The second-order valence-electron chi connectivity index (χ2n) is 8.45. The molecule has 2 fully saturated rings. The minimum atomic E-state index is -4.44. The molecule has 0 aromatic carbocycles. The number of anilines is 3. The molecule has 0 radical (unpaired) electrons. The lowest BCUT2D eigenvalue weighted by Gasteiger charge is -2.38. The number of nitrogens with zero attached hydrogens (tertiary/aromatic N) is 4. The summed E-state index contributed by atoms with van der Waals surface area (Å²) in [5, 5.41) is 2.94. The third-order valence-electron chi connectivity index (χ3n) is 5.43. The number of hydrogen-bond donors (Lipinski definition) is 1. The summed E-state index contributed by atoms with van der Waals surface area (Å²) in [6.07, 6.45) is -1.63. The number of pyridine rings is 1. The molecule has 1 N–H and O–H groups in total. The van der Waals surface area contributed by atoms with E-state index in [2.05, 4.69) is 20.2 Å². The normalized spacial score (nSPS) is 20.0. The van der Waals surface area contributed by atoms with E-state index >= 15 is 0 Å². The lowest BCUT2D eigenvalue weighted by molar-refractivity contribution is -0.137. The van der Waals surface area contributed by atoms with Crippen LogP contribution in [0.4, 0.5) is 30.8 Å². The van der Waals surface area contributed by atoms with E-state index in [4.69, 9.17) is 14.5 Å². The summed E-state index contributed by atoms with van der Waals surface area (Å²) in [5.74, 6) is 1.25. The predicted octanol–water partition coefficient (Wildman–Crippen LogP) is 4.14. The first-order chi connectivity index (χ1) is 14.7. The van der Waals surface area contributed by atoms with E-state index in [1.807, 2.05) is 13.8 Å². The second kappa shape index (κ2) is 8.58. The third kappa shape index (κ3) is 5.43. The first kappa shape index (κ1) is 21.8. The van der Waals surface area contributed by atoms with Crippen molar-refractivity contribution in [1.82, 2.24) is 15.0 Å². The maximum Gasteiger partial charge on any atom is 0.416 e. The van der Waals surface area contributed by atoms with Crippen molar-refractivity contribution in [2.45, 2.75) is 44.4 Å². The van der Waals surface area contributed by atoms with E-state index in [-0.39, 0.29) is 17.3 Å². The quantitative estimate of drug-likeness (QED) is 0.771. The highest BCUT2D eigenvalue weighted by atomic mass is 19.4. The van der Waals surface area contributed by atoms with Gasteiger partial charge in [0, 0.05) is 44.5 Å². The molecule has 2 aromatic heterocycles. The van der Waals surface area contributed by atoms with E-state index < -0.39 is 11.7 Å². The predicted molar refractivity (Wildman–Crippen MR) is 110 cm³/mol. The summed E-state index contributed by atoms with van der Waals surface area (Å²) in [5.41, 5.74) is -0.252. The molecule has 0 unspecified atom stereocenters. The van der Waals surface area contributed by atoms with Crippen molar-refractivity contribution in [3.8, 4) is 0 Å². The van der Waals surface area contributed by atoms with Crippen LogP contribution in [-0.2, 0) is 15.7 Å². The molecule has 0 atom stereocenters. The van der Waals surface area contributed by atoms with Crippen molar-refractivity contribution < 1.29 is 22.6 Å². The average Bonchev–Trinajstić information content (AvgIpc) is 2.73. The molecule has 7 nitrogen and oxygen atoms in total. The molecule has 2 saturated heterocycles. The molecule has 2 aliphatic heterocycles. The molecule has 0 amide bonds. The summed E-state index contributed by atoms with van der Waals surface area (Å²) in [4.78, 5) is 15.5. The molecule has 4 heterocycles. The highest BCUT2D eigenvalue weighted by Gasteiger charge is 2.31. The number of aromatic nitrogens is 3. The molecule has 10 heteroatoms. The summed E-state index contributed by atoms with van der Waals surface area (Å²) in [6.45, 7) is 7.14. The minimum Gasteiger partial charge on any atom is -0.381 e. The van der Waals surface area contributed by atoms with Crippen LogP contribution in [0, 0.1) is 0 Å². The molecule has 2 aliphatic rings. The molecule has 2 aromatic rings. The molecule has 0 spiro atoms. The first-order valence-electron chi connectivity index (χ1n) is 10.4. The molecule has 31 heavy (non-hydrogen) atoms. The summed E-state index contributed by atoms with van der Waals surface area (Å²) < 4.78 is 50.5. The fraction of sp³-hybridized carbons (Fsp3) is 0.571. The van der Waals surface area contributed by atoms with E-state index in [1.54, 1.807) is 6.07 Å². The third-order valence-corrected chi connectivity index (χ3v) is 5.43. The van der Waals surface area contributed by atoms with Crippen LogP contribution in [0.3, 0.4) is 0 Å². The van der Waals surface area contributed by atoms with Gasteiger partial charge in [-0.05, 0) is 38.8 Å². The fourth-order valence-electron chi connectivity index (χ4n) is 3.85. The summed E-state index contributed by atoms with van der Waals surface area (Å²) in [7, 11) is 0. The van der Waals surface area contributed by atoms with Gasteiger partial charge >= 0.3 is 6.18 Å². The van der Waals surface area contributed by atoms with Gasteiger partial charge in [-0.25, -0.2) is 9.97 Å². The number of alkyl halides is 3. The van der Waals surface area contributed by atoms with E-state index in [1.165, 1.54) is 0 Å². The van der Waals surface area contributed by atoms with Crippen LogP contribution in [-0.4, -0.2) is 53.5 Å². The monoisotopic (exact) mass is 437 g/mol. The fourth-order valence-corrected chi connectivity index (χ4v) is 3.85. The Morgan fingerprint density at radius 2 is 1.87 bits per heavy atom. The zero-order chi connectivity index (χ0) is 22.1. The highest BCUT2D eigenvalue weighted by Crippen LogP contribution is 2.32. The van der Waals surface area contributed by atoms with Gasteiger partial charge in [0.1, 0.15) is 11.6 Å². The van der Waals surface area contributed by atoms with Crippen molar-refractivity contribution >= 4 is 17.6 Å². The van der Waals surface area contributed by atoms with Gasteiger partial charge in [-0.3, -0.25) is 0 Å². The van der Waals surface area contributed by atoms with Crippen molar-refractivity contribution in [2.24, 2.45) is 0 Å². The molecule has 0 aliphatic carbocycles. The zero-order valence-corrected chi connectivity index (χ0v) is 17.6. The van der Waals surface area contributed by atoms with Crippen LogP contribution in [0.5, 0.6) is 0 Å². The average molecular weight is 437 g/mol. The van der Waals surface area contributed by atoms with Crippen LogP contribution in [0.15, 0.2) is 24.4 Å². The van der Waals surface area contributed by atoms with Gasteiger partial charge in [-0.15, -0.1) is 0 Å². The van der Waals surface area contributed by atoms with Gasteiger partial charge in [0.25, 0.3) is 0 Å². The largest absolute Gasteiger partial charge is 0.416 e. The maximum atomic E-state index is 13.1. The SMILES string of the molecule is CC1(C)CN(c2nc(Nc3cc(C(F)(F)F)ccn3)cc(C3CCOCC3)n2)CCO1. The lowest BCUT2D eigenvalue weighted by atomic mass is 9.96. The minimum absolute atomic E-state index is 0.0831. The van der Waals surface area contributed by atoms with Gasteiger partial charge in [0.05, 0.1) is 23.5 Å². The van der Waals surface area contributed by atoms with Crippen LogP contribution >= 0.6 is 0 Å². The Hall–Kier alpha value is -2.46. The van der Waals surface area contributed by atoms with E-state index in [9.17, 15) is 13.2 Å². The standard InChI is InChI=1S/C21H26F3N5O2/c1-20(2)13-29(7-10-31-20)19-26-16(14-4-8-30-9-5-14)12-18(28-19)27-17-11-15(3-6-25-17)21(22,23)24/h3,6,11-12,14H,4-5,7-10,13H2,1-2H3,(H,25,26,27,28). The van der Waals surface area contributed by atoms with Crippen molar-refractivity contribution in [3.63, 3.8) is 0 Å². The van der Waals surface area contributed by atoms with E-state index in [0.717, 1.165) is 36.9 Å². The maximum absolute atomic E-state index is 13.1. The van der Waals surface area contributed by atoms with Gasteiger partial charge in [-0.2, -0.15) is 18.2 Å². The van der Waals surface area contributed by atoms with Gasteiger partial charge < -0.3 is 19.7 Å². The summed E-state index contributed by atoms with van der Waals surface area (Å²) in [6, 6.07) is 3.72. The van der Waals surface area contributed by atoms with Crippen LogP contribution in [0.2, 0.25) is 0 Å². The highest BCUT2D eigenvalue weighted by molar-refractivity contribution is 5.55. The summed E-state index contributed by atoms with van der Waals surface area (Å²) >= 11 is 0. The molecule has 168 valence electrons. The molecule has 0 bridgehead atoms. The molecule has 0 saturated carbocycles. The number of ether oxygens (including phenoxy) is 2. The molecular formula is C21H26F3N5O2. The van der Waals surface area contributed by atoms with Crippen molar-refractivity contribution in [1.29, 1.82) is 0 Å². The second-order valence-corrected chi connectivity index (χ2v) is 8.45. The van der Waals surface area contributed by atoms with Crippen LogP contribution in [0.25, 0.3) is 0 Å². The molecular weight excluding hydrogens is 411 g/mol. The smallest absolute Gasteiger partial charge is 0.381 e. The van der Waals surface area contributed by atoms with Gasteiger partial charge in [0.15, 0.2) is 0 Å². The Labute approximate surface area is 179 Å². The van der Waals surface area contributed by atoms with E-state index in [0.29, 0.717) is 44.7 Å². The Morgan fingerprint density at radius 1 is 1.10 bits per heavy atom. The Morgan fingerprint density at radius 3 is 2.58 bits per heavy atom. The molecule has 4 rings (SSSR count). The number of rotatable bonds is 4. The number of hydrogen-bond acceptors (Lipinski definition) is 7. The lowest BCUT2D eigenvalue weighted by Crippen LogP contribution is -2.49. The van der Waals surface area contributed by atoms with Gasteiger partial charge in [-0.1, -0.05) is 0 Å². The van der Waals surface area contributed by atoms with Crippen LogP contribution < -0.4 is 10.2 Å². The van der Waals surface area contributed by atoms with Gasteiger partial charge in [0.2, 0.25) is 5.95 Å². The zero-order valence-electron chi connectivity index (χ0n) is 17.6. The van der Waals surface area contributed by atoms with Crippen LogP contribution in [0.1, 0.15) is 43.9 Å². The number of nitrogens with one attached hydrogen (secondary N) is 1. The van der Waals surface area contributed by atoms with Crippen molar-refractivity contribution in [2.75, 3.05) is 43.1 Å². The Bertz CT molecular complexity index is 916. The Balaban J connectivity index is 1.66. The Kier molecular flexibility index (Phi) is 6.02. The first-order valence-corrected chi connectivity index (χ1v) is 10.4. The van der Waals surface area contributed by atoms with Crippen molar-refractivity contribution in [3.05, 3.63) is 35.7 Å². The number of halogens is 3.